The molecule has 1 amide bonds. The minimum atomic E-state index is -0.285. The molecule has 0 atom stereocenters. The van der Waals surface area contributed by atoms with Crippen molar-refractivity contribution >= 4 is 5.91 Å². The van der Waals surface area contributed by atoms with Gasteiger partial charge in [0.25, 0.3) is 5.91 Å². The highest BCUT2D eigenvalue weighted by atomic mass is 16.6. The number of carbonyl (C=O) groups is 1. The lowest BCUT2D eigenvalue weighted by Crippen LogP contribution is -2.25. The topological polar surface area (TPSA) is 47.6 Å². The van der Waals surface area contributed by atoms with Gasteiger partial charge in [-0.15, -0.1) is 6.58 Å². The Kier molecular flexibility index (Phi) is 4.58. The van der Waals surface area contributed by atoms with E-state index in [1.165, 1.54) is 12.0 Å². The Labute approximate surface area is 113 Å². The first kappa shape index (κ1) is 13.6. The molecular weight excluding hydrogens is 242 g/mol. The van der Waals surface area contributed by atoms with E-state index in [0.29, 0.717) is 11.3 Å². The number of aryl methyl sites for hydroxylation is 1. The van der Waals surface area contributed by atoms with Gasteiger partial charge >= 0.3 is 0 Å². The molecule has 0 radical (unpaired) electrons. The standard InChI is InChI=1S/C15H19NO3/c1-3-10-19-16-15(17)13-9-8-11-6-4-5-7-12(11)14(13)18-2/h3,8-9H,1,4-7,10H2,2H3,(H,16,17). The summed E-state index contributed by atoms with van der Waals surface area (Å²) in [5, 5.41) is 0. The van der Waals surface area contributed by atoms with Crippen LogP contribution in [0.2, 0.25) is 0 Å². The Balaban J connectivity index is 2.25. The van der Waals surface area contributed by atoms with E-state index in [9.17, 15) is 4.79 Å². The first-order chi connectivity index (χ1) is 9.27. The summed E-state index contributed by atoms with van der Waals surface area (Å²) in [6.45, 7) is 3.80. The monoisotopic (exact) mass is 261 g/mol. The summed E-state index contributed by atoms with van der Waals surface area (Å²) in [4.78, 5) is 17.0. The molecule has 102 valence electrons. The highest BCUT2D eigenvalue weighted by Gasteiger charge is 2.20. The number of fused-ring (bicyclic) bond motifs is 1. The molecule has 1 aliphatic carbocycles. The smallest absolute Gasteiger partial charge is 0.278 e. The molecular formula is C15H19NO3. The average Bonchev–Trinajstić information content (AvgIpc) is 2.46. The van der Waals surface area contributed by atoms with E-state index in [4.69, 9.17) is 9.57 Å². The summed E-state index contributed by atoms with van der Waals surface area (Å²) < 4.78 is 5.43. The molecule has 2 rings (SSSR count). The second-order valence-corrected chi connectivity index (χ2v) is 4.52. The van der Waals surface area contributed by atoms with E-state index in [2.05, 4.69) is 12.1 Å². The minimum absolute atomic E-state index is 0.277. The van der Waals surface area contributed by atoms with Crippen LogP contribution in [0.5, 0.6) is 5.75 Å². The van der Waals surface area contributed by atoms with Crippen molar-refractivity contribution in [3.63, 3.8) is 0 Å². The molecule has 0 aromatic heterocycles. The quantitative estimate of drug-likeness (QED) is 0.503. The lowest BCUT2D eigenvalue weighted by Gasteiger charge is -2.20. The molecule has 0 spiro atoms. The Hall–Kier alpha value is -1.81. The number of benzene rings is 1. The van der Waals surface area contributed by atoms with Gasteiger partial charge in [-0.05, 0) is 42.9 Å². The number of hydroxylamine groups is 1. The van der Waals surface area contributed by atoms with E-state index in [1.807, 2.05) is 6.07 Å². The van der Waals surface area contributed by atoms with Crippen molar-refractivity contribution in [3.8, 4) is 5.75 Å². The molecule has 1 aromatic rings. The van der Waals surface area contributed by atoms with Crippen LogP contribution in [0, 0.1) is 0 Å². The van der Waals surface area contributed by atoms with Crippen molar-refractivity contribution in [1.82, 2.24) is 5.48 Å². The van der Waals surface area contributed by atoms with Crippen molar-refractivity contribution in [2.75, 3.05) is 13.7 Å². The molecule has 0 aliphatic heterocycles. The molecule has 0 fully saturated rings. The van der Waals surface area contributed by atoms with Gasteiger partial charge in [-0.2, -0.15) is 0 Å². The van der Waals surface area contributed by atoms with Crippen molar-refractivity contribution in [1.29, 1.82) is 0 Å². The van der Waals surface area contributed by atoms with E-state index in [1.54, 1.807) is 19.3 Å². The van der Waals surface area contributed by atoms with Crippen molar-refractivity contribution < 1.29 is 14.4 Å². The van der Waals surface area contributed by atoms with Crippen LogP contribution in [0.3, 0.4) is 0 Å². The van der Waals surface area contributed by atoms with Gasteiger partial charge in [0.2, 0.25) is 0 Å². The highest BCUT2D eigenvalue weighted by Crippen LogP contribution is 2.32. The number of rotatable bonds is 5. The molecule has 0 saturated heterocycles. The van der Waals surface area contributed by atoms with Crippen LogP contribution >= 0.6 is 0 Å². The lowest BCUT2D eigenvalue weighted by atomic mass is 9.89. The van der Waals surface area contributed by atoms with Crippen LogP contribution in [0.15, 0.2) is 24.8 Å². The van der Waals surface area contributed by atoms with E-state index in [0.717, 1.165) is 24.8 Å². The number of carbonyl (C=O) groups excluding carboxylic acids is 1. The highest BCUT2D eigenvalue weighted by molar-refractivity contribution is 5.97. The third-order valence-corrected chi connectivity index (χ3v) is 3.30. The zero-order valence-corrected chi connectivity index (χ0v) is 11.2. The molecule has 1 aromatic carbocycles. The first-order valence-electron chi connectivity index (χ1n) is 6.49. The average molecular weight is 261 g/mol. The fourth-order valence-corrected chi connectivity index (χ4v) is 2.43. The molecule has 4 nitrogen and oxygen atoms in total. The van der Waals surface area contributed by atoms with Crippen LogP contribution in [0.1, 0.15) is 34.3 Å². The van der Waals surface area contributed by atoms with Gasteiger partial charge in [-0.25, -0.2) is 5.48 Å². The molecule has 19 heavy (non-hydrogen) atoms. The maximum Gasteiger partial charge on any atom is 0.278 e. The van der Waals surface area contributed by atoms with Gasteiger partial charge in [-0.1, -0.05) is 12.1 Å². The lowest BCUT2D eigenvalue weighted by molar-refractivity contribution is 0.0419. The Bertz CT molecular complexity index is 483. The summed E-state index contributed by atoms with van der Waals surface area (Å²) in [6, 6.07) is 3.81. The van der Waals surface area contributed by atoms with Crippen LogP contribution < -0.4 is 10.2 Å². The van der Waals surface area contributed by atoms with Crippen LogP contribution in [-0.2, 0) is 17.7 Å². The maximum atomic E-state index is 12.0. The van der Waals surface area contributed by atoms with Crippen LogP contribution in [-0.4, -0.2) is 19.6 Å². The Morgan fingerprint density at radius 3 is 2.95 bits per heavy atom. The fourth-order valence-electron chi connectivity index (χ4n) is 2.43. The van der Waals surface area contributed by atoms with Crippen molar-refractivity contribution in [2.24, 2.45) is 0 Å². The van der Waals surface area contributed by atoms with Gasteiger partial charge in [0.15, 0.2) is 0 Å². The molecule has 0 unspecified atom stereocenters. The predicted octanol–water partition coefficient (Wildman–Crippen LogP) is 2.42. The zero-order valence-electron chi connectivity index (χ0n) is 11.2. The van der Waals surface area contributed by atoms with Gasteiger partial charge in [0, 0.05) is 0 Å². The van der Waals surface area contributed by atoms with Crippen molar-refractivity contribution in [2.45, 2.75) is 25.7 Å². The number of hydrogen-bond acceptors (Lipinski definition) is 3. The summed E-state index contributed by atoms with van der Waals surface area (Å²) in [7, 11) is 1.60. The maximum absolute atomic E-state index is 12.0. The van der Waals surface area contributed by atoms with Gasteiger partial charge in [0.1, 0.15) is 5.75 Å². The SMILES string of the molecule is C=CCONC(=O)c1ccc2c(c1OC)CCCC2. The predicted molar refractivity (Wildman–Crippen MR) is 73.3 cm³/mol. The summed E-state index contributed by atoms with van der Waals surface area (Å²) in [5.74, 6) is 0.393. The number of nitrogens with one attached hydrogen (secondary N) is 1. The number of methoxy groups -OCH3 is 1. The largest absolute Gasteiger partial charge is 0.496 e. The van der Waals surface area contributed by atoms with Crippen LogP contribution in [0.25, 0.3) is 0 Å². The van der Waals surface area contributed by atoms with Crippen molar-refractivity contribution in [3.05, 3.63) is 41.5 Å². The summed E-state index contributed by atoms with van der Waals surface area (Å²) >= 11 is 0. The Morgan fingerprint density at radius 1 is 1.42 bits per heavy atom. The Morgan fingerprint density at radius 2 is 2.21 bits per heavy atom. The third-order valence-electron chi connectivity index (χ3n) is 3.30. The van der Waals surface area contributed by atoms with E-state index < -0.39 is 0 Å². The van der Waals surface area contributed by atoms with Gasteiger partial charge < -0.3 is 4.74 Å². The fraction of sp³-hybridized carbons (Fsp3) is 0.400. The molecule has 0 bridgehead atoms. The zero-order chi connectivity index (χ0) is 13.7. The summed E-state index contributed by atoms with van der Waals surface area (Å²) in [6.07, 6.45) is 5.93. The number of amides is 1. The first-order valence-corrected chi connectivity index (χ1v) is 6.49. The molecule has 0 saturated carbocycles. The van der Waals surface area contributed by atoms with E-state index in [-0.39, 0.29) is 12.5 Å². The second-order valence-electron chi connectivity index (χ2n) is 4.52. The van der Waals surface area contributed by atoms with Crippen LogP contribution in [0.4, 0.5) is 0 Å². The normalized spacial score (nSPS) is 13.5. The summed E-state index contributed by atoms with van der Waals surface area (Å²) in [5.41, 5.74) is 5.35. The van der Waals surface area contributed by atoms with Gasteiger partial charge in [0.05, 0.1) is 19.3 Å². The second kappa shape index (κ2) is 6.38. The molecule has 1 N–H and O–H groups in total. The van der Waals surface area contributed by atoms with E-state index >= 15 is 0 Å². The number of hydrogen-bond donors (Lipinski definition) is 1. The molecule has 1 aliphatic rings. The molecule has 4 heteroatoms. The number of ether oxygens (including phenoxy) is 1. The third kappa shape index (κ3) is 2.96. The van der Waals surface area contributed by atoms with Gasteiger partial charge in [-0.3, -0.25) is 9.63 Å². The minimum Gasteiger partial charge on any atom is -0.496 e. The molecule has 0 heterocycles.